The summed E-state index contributed by atoms with van der Waals surface area (Å²) < 4.78 is 0. The molecule has 0 aliphatic rings. The highest BCUT2D eigenvalue weighted by molar-refractivity contribution is 5.80. The summed E-state index contributed by atoms with van der Waals surface area (Å²) >= 11 is 0. The van der Waals surface area contributed by atoms with E-state index in [4.69, 9.17) is 5.11 Å². The third-order valence-electron chi connectivity index (χ3n) is 1.91. The number of aliphatic hydroxyl groups excluding tert-OH is 1. The van der Waals surface area contributed by atoms with Gasteiger partial charge >= 0.3 is 0 Å². The molecule has 0 radical (unpaired) electrons. The highest BCUT2D eigenvalue weighted by atomic mass is 16.3. The van der Waals surface area contributed by atoms with E-state index < -0.39 is 0 Å². The zero-order chi connectivity index (χ0) is 11.1. The number of amides is 1. The summed E-state index contributed by atoms with van der Waals surface area (Å²) in [5.41, 5.74) is 0.907. The lowest BCUT2D eigenvalue weighted by molar-refractivity contribution is -0.120. The molecule has 0 heterocycles. The first-order valence-corrected chi connectivity index (χ1v) is 4.91. The molecule has 0 aliphatic heterocycles. The smallest absolute Gasteiger partial charge is 0.239 e. The highest BCUT2D eigenvalue weighted by Crippen LogP contribution is 2.03. The summed E-state index contributed by atoms with van der Waals surface area (Å²) in [5.74, 6) is -0.125. The third kappa shape index (κ3) is 4.46. The maximum atomic E-state index is 11.3. The normalized spacial score (nSPS) is 11.9. The average Bonchev–Trinajstić information content (AvgIpc) is 2.27. The van der Waals surface area contributed by atoms with Crippen LogP contribution in [0, 0.1) is 0 Å². The van der Waals surface area contributed by atoms with Crippen LogP contribution in [0.25, 0.3) is 0 Å². The minimum Gasteiger partial charge on any atom is -0.394 e. The molecule has 0 unspecified atom stereocenters. The second kappa shape index (κ2) is 6.03. The fraction of sp³-hybridized carbons (Fsp3) is 0.364. The number of aliphatic hydroxyl groups is 1. The quantitative estimate of drug-likeness (QED) is 0.664. The van der Waals surface area contributed by atoms with Crippen molar-refractivity contribution in [1.82, 2.24) is 5.32 Å². The fourth-order valence-corrected chi connectivity index (χ4v) is 1.11. The van der Waals surface area contributed by atoms with Gasteiger partial charge in [0.25, 0.3) is 0 Å². The van der Waals surface area contributed by atoms with Crippen molar-refractivity contribution in [3.63, 3.8) is 0 Å². The maximum absolute atomic E-state index is 11.3. The Kier molecular flexibility index (Phi) is 4.63. The van der Waals surface area contributed by atoms with Crippen molar-refractivity contribution in [1.29, 1.82) is 0 Å². The van der Waals surface area contributed by atoms with Gasteiger partial charge in [-0.25, -0.2) is 0 Å². The van der Waals surface area contributed by atoms with Crippen molar-refractivity contribution in [2.75, 3.05) is 18.5 Å². The van der Waals surface area contributed by atoms with E-state index in [-0.39, 0.29) is 25.1 Å². The van der Waals surface area contributed by atoms with Gasteiger partial charge in [-0.15, -0.1) is 0 Å². The van der Waals surface area contributed by atoms with Gasteiger partial charge < -0.3 is 15.7 Å². The molecule has 0 aromatic heterocycles. The van der Waals surface area contributed by atoms with Gasteiger partial charge in [0, 0.05) is 11.7 Å². The Bertz CT molecular complexity index is 301. The van der Waals surface area contributed by atoms with E-state index >= 15 is 0 Å². The standard InChI is InChI=1S/C11H16N2O2/c1-9(8-14)13-11(15)7-12-10-5-3-2-4-6-10/h2-6,9,12,14H,7-8H2,1H3,(H,13,15)/t9-/m1/s1. The van der Waals surface area contributed by atoms with Crippen LogP contribution in [0.3, 0.4) is 0 Å². The number of carbonyl (C=O) groups is 1. The van der Waals surface area contributed by atoms with Crippen molar-refractivity contribution in [3.8, 4) is 0 Å². The van der Waals surface area contributed by atoms with Crippen molar-refractivity contribution in [2.45, 2.75) is 13.0 Å². The Balaban J connectivity index is 2.29. The number of hydrogen-bond donors (Lipinski definition) is 3. The second-order valence-electron chi connectivity index (χ2n) is 3.37. The highest BCUT2D eigenvalue weighted by Gasteiger charge is 2.04. The summed E-state index contributed by atoms with van der Waals surface area (Å²) in [6.07, 6.45) is 0. The van der Waals surface area contributed by atoms with Gasteiger partial charge in [-0.1, -0.05) is 18.2 Å². The number of rotatable bonds is 5. The Morgan fingerprint density at radius 3 is 2.67 bits per heavy atom. The summed E-state index contributed by atoms with van der Waals surface area (Å²) in [5, 5.41) is 14.4. The lowest BCUT2D eigenvalue weighted by Crippen LogP contribution is -2.38. The van der Waals surface area contributed by atoms with Crippen LogP contribution in [0.1, 0.15) is 6.92 Å². The number of anilines is 1. The van der Waals surface area contributed by atoms with Crippen LogP contribution in [0.5, 0.6) is 0 Å². The van der Waals surface area contributed by atoms with Crippen molar-refractivity contribution in [2.24, 2.45) is 0 Å². The summed E-state index contributed by atoms with van der Waals surface area (Å²) in [6, 6.07) is 9.30. The molecule has 0 saturated carbocycles. The van der Waals surface area contributed by atoms with Gasteiger partial charge in [-0.05, 0) is 19.1 Å². The van der Waals surface area contributed by atoms with Gasteiger partial charge in [-0.3, -0.25) is 4.79 Å². The number of para-hydroxylation sites is 1. The molecule has 0 spiro atoms. The molecule has 1 rings (SSSR count). The lowest BCUT2D eigenvalue weighted by atomic mass is 10.3. The van der Waals surface area contributed by atoms with Crippen LogP contribution in [-0.4, -0.2) is 30.2 Å². The molecular formula is C11H16N2O2. The van der Waals surface area contributed by atoms with Crippen LogP contribution >= 0.6 is 0 Å². The van der Waals surface area contributed by atoms with Crippen molar-refractivity contribution < 1.29 is 9.90 Å². The Morgan fingerprint density at radius 1 is 1.40 bits per heavy atom. The zero-order valence-electron chi connectivity index (χ0n) is 8.73. The van der Waals surface area contributed by atoms with Crippen LogP contribution in [0.2, 0.25) is 0 Å². The molecule has 1 amide bonds. The first-order valence-electron chi connectivity index (χ1n) is 4.91. The molecule has 0 bridgehead atoms. The second-order valence-corrected chi connectivity index (χ2v) is 3.37. The summed E-state index contributed by atoms with van der Waals surface area (Å²) in [7, 11) is 0. The summed E-state index contributed by atoms with van der Waals surface area (Å²) in [6.45, 7) is 1.92. The topological polar surface area (TPSA) is 61.4 Å². The molecule has 0 aliphatic carbocycles. The third-order valence-corrected chi connectivity index (χ3v) is 1.91. The molecule has 1 aromatic rings. The van der Waals surface area contributed by atoms with E-state index in [1.807, 2.05) is 30.3 Å². The Labute approximate surface area is 89.3 Å². The Hall–Kier alpha value is -1.55. The van der Waals surface area contributed by atoms with Crippen LogP contribution < -0.4 is 10.6 Å². The number of carbonyl (C=O) groups excluding carboxylic acids is 1. The number of hydrogen-bond acceptors (Lipinski definition) is 3. The zero-order valence-corrected chi connectivity index (χ0v) is 8.73. The van der Waals surface area contributed by atoms with Crippen LogP contribution in [-0.2, 0) is 4.79 Å². The molecule has 15 heavy (non-hydrogen) atoms. The van der Waals surface area contributed by atoms with Crippen molar-refractivity contribution >= 4 is 11.6 Å². The van der Waals surface area contributed by atoms with E-state index in [1.54, 1.807) is 6.92 Å². The molecule has 4 nitrogen and oxygen atoms in total. The predicted molar refractivity (Wildman–Crippen MR) is 59.6 cm³/mol. The van der Waals surface area contributed by atoms with E-state index in [9.17, 15) is 4.79 Å². The number of benzene rings is 1. The molecule has 0 fully saturated rings. The van der Waals surface area contributed by atoms with Crippen LogP contribution in [0.15, 0.2) is 30.3 Å². The minimum absolute atomic E-state index is 0.0446. The van der Waals surface area contributed by atoms with E-state index in [2.05, 4.69) is 10.6 Å². The number of nitrogens with one attached hydrogen (secondary N) is 2. The average molecular weight is 208 g/mol. The predicted octanol–water partition coefficient (Wildman–Crippen LogP) is 0.595. The molecular weight excluding hydrogens is 192 g/mol. The van der Waals surface area contributed by atoms with Crippen LogP contribution in [0.4, 0.5) is 5.69 Å². The van der Waals surface area contributed by atoms with Crippen molar-refractivity contribution in [3.05, 3.63) is 30.3 Å². The van der Waals surface area contributed by atoms with E-state index in [1.165, 1.54) is 0 Å². The van der Waals surface area contributed by atoms with E-state index in [0.29, 0.717) is 0 Å². The largest absolute Gasteiger partial charge is 0.394 e. The molecule has 82 valence electrons. The van der Waals surface area contributed by atoms with E-state index in [0.717, 1.165) is 5.69 Å². The lowest BCUT2D eigenvalue weighted by Gasteiger charge is -2.11. The molecule has 4 heteroatoms. The monoisotopic (exact) mass is 208 g/mol. The van der Waals surface area contributed by atoms with Gasteiger partial charge in [-0.2, -0.15) is 0 Å². The molecule has 0 saturated heterocycles. The first-order chi connectivity index (χ1) is 7.22. The molecule has 3 N–H and O–H groups in total. The van der Waals surface area contributed by atoms with Gasteiger partial charge in [0.1, 0.15) is 0 Å². The maximum Gasteiger partial charge on any atom is 0.239 e. The Morgan fingerprint density at radius 2 is 2.07 bits per heavy atom. The van der Waals surface area contributed by atoms with Gasteiger partial charge in [0.15, 0.2) is 0 Å². The first kappa shape index (κ1) is 11.5. The fourth-order valence-electron chi connectivity index (χ4n) is 1.11. The minimum atomic E-state index is -0.199. The summed E-state index contributed by atoms with van der Waals surface area (Å²) in [4.78, 5) is 11.3. The molecule has 1 aromatic carbocycles. The van der Waals surface area contributed by atoms with Gasteiger partial charge in [0.05, 0.1) is 13.2 Å². The van der Waals surface area contributed by atoms with Gasteiger partial charge in [0.2, 0.25) is 5.91 Å². The molecule has 1 atom stereocenters. The SMILES string of the molecule is C[C@H](CO)NC(=O)CNc1ccccc1.